The molecule has 3 heteroatoms. The van der Waals surface area contributed by atoms with Crippen LogP contribution in [0.2, 0.25) is 0 Å². The van der Waals surface area contributed by atoms with E-state index in [1.54, 1.807) is 12.4 Å². The Hall–Kier alpha value is -2.15. The highest BCUT2D eigenvalue weighted by Gasteiger charge is 2.29. The van der Waals surface area contributed by atoms with Gasteiger partial charge in [0.05, 0.1) is 13.1 Å². The van der Waals surface area contributed by atoms with Crippen LogP contribution in [0, 0.1) is 11.8 Å². The molecule has 2 N–H and O–H groups in total. The average Bonchev–Trinajstić information content (AvgIpc) is 2.92. The first kappa shape index (κ1) is 16.7. The molecule has 1 saturated heterocycles. The number of hydrogen-bond donors (Lipinski definition) is 2. The Labute approximate surface area is 144 Å². The summed E-state index contributed by atoms with van der Waals surface area (Å²) in [6, 6.07) is 13.4. The summed E-state index contributed by atoms with van der Waals surface area (Å²) in [5.41, 5.74) is 0.201. The van der Waals surface area contributed by atoms with Crippen molar-refractivity contribution in [2.75, 3.05) is 19.6 Å². The van der Waals surface area contributed by atoms with Gasteiger partial charge in [0.25, 0.3) is 0 Å². The van der Waals surface area contributed by atoms with Crippen LogP contribution in [-0.2, 0) is 5.60 Å². The zero-order valence-corrected chi connectivity index (χ0v) is 14.0. The van der Waals surface area contributed by atoms with Gasteiger partial charge in [-0.3, -0.25) is 4.98 Å². The number of aromatic nitrogens is 1. The van der Waals surface area contributed by atoms with Crippen molar-refractivity contribution in [1.29, 1.82) is 0 Å². The smallest absolute Gasteiger partial charge is 0.178 e. The predicted octanol–water partition coefficient (Wildman–Crippen LogP) is 1.78. The molecule has 3 nitrogen and oxygen atoms in total. The van der Waals surface area contributed by atoms with E-state index in [2.05, 4.69) is 16.8 Å². The molecule has 0 radical (unpaired) electrons. The Morgan fingerprint density at radius 2 is 1.67 bits per heavy atom. The van der Waals surface area contributed by atoms with Gasteiger partial charge in [-0.2, -0.15) is 0 Å². The van der Waals surface area contributed by atoms with E-state index < -0.39 is 5.60 Å². The van der Waals surface area contributed by atoms with Crippen molar-refractivity contribution >= 4 is 0 Å². The zero-order chi connectivity index (χ0) is 16.7. The van der Waals surface area contributed by atoms with Crippen LogP contribution in [0.3, 0.4) is 0 Å². The third kappa shape index (κ3) is 4.03. The van der Waals surface area contributed by atoms with Crippen molar-refractivity contribution in [3.8, 4) is 11.8 Å². The summed E-state index contributed by atoms with van der Waals surface area (Å²) >= 11 is 0. The van der Waals surface area contributed by atoms with Gasteiger partial charge in [-0.15, -0.1) is 0 Å². The standard InChI is InChI=1S/C21H24N2O/c24-21(19-10-4-3-5-11-19,20-12-8-14-22-18-20)13-9-17-23-15-6-1-2-7-16-23/h3-5,8,10-12,14,18,24H,1-2,6-7,15-17H2/p+1/t21-/m1/s1. The molecule has 1 atom stereocenters. The largest absolute Gasteiger partial charge is 0.369 e. The van der Waals surface area contributed by atoms with Gasteiger partial charge < -0.3 is 10.0 Å². The third-order valence-corrected chi connectivity index (χ3v) is 4.69. The molecule has 2 heterocycles. The van der Waals surface area contributed by atoms with Gasteiger partial charge >= 0.3 is 0 Å². The molecule has 0 bridgehead atoms. The van der Waals surface area contributed by atoms with E-state index in [0.717, 1.165) is 17.7 Å². The number of quaternary nitrogens is 1. The van der Waals surface area contributed by atoms with Crippen molar-refractivity contribution in [2.45, 2.75) is 31.3 Å². The molecule has 0 amide bonds. The maximum atomic E-state index is 11.3. The fraction of sp³-hybridized carbons (Fsp3) is 0.381. The van der Waals surface area contributed by atoms with Crippen LogP contribution >= 0.6 is 0 Å². The molecule has 1 aromatic heterocycles. The van der Waals surface area contributed by atoms with Crippen LogP contribution in [0.25, 0.3) is 0 Å². The minimum atomic E-state index is -1.30. The number of nitrogens with one attached hydrogen (secondary N) is 1. The monoisotopic (exact) mass is 321 g/mol. The number of rotatable bonds is 3. The van der Waals surface area contributed by atoms with Gasteiger partial charge in [-0.25, -0.2) is 0 Å². The molecule has 0 aliphatic carbocycles. The topological polar surface area (TPSA) is 37.6 Å². The lowest BCUT2D eigenvalue weighted by Gasteiger charge is -2.23. The molecule has 24 heavy (non-hydrogen) atoms. The lowest BCUT2D eigenvalue weighted by atomic mass is 9.88. The van der Waals surface area contributed by atoms with Crippen molar-refractivity contribution < 1.29 is 10.0 Å². The van der Waals surface area contributed by atoms with E-state index in [9.17, 15) is 5.11 Å². The second-order valence-electron chi connectivity index (χ2n) is 6.46. The summed E-state index contributed by atoms with van der Waals surface area (Å²) in [5.74, 6) is 6.40. The summed E-state index contributed by atoms with van der Waals surface area (Å²) in [4.78, 5) is 5.68. The third-order valence-electron chi connectivity index (χ3n) is 4.69. The summed E-state index contributed by atoms with van der Waals surface area (Å²) in [5, 5.41) is 11.3. The first-order valence-electron chi connectivity index (χ1n) is 8.81. The first-order valence-corrected chi connectivity index (χ1v) is 8.81. The van der Waals surface area contributed by atoms with Crippen LogP contribution in [0.15, 0.2) is 54.9 Å². The molecule has 3 rings (SSSR count). The molecular formula is C21H25N2O+. The summed E-state index contributed by atoms with van der Waals surface area (Å²) in [6.07, 6.45) is 8.64. The molecule has 0 saturated carbocycles. The molecule has 2 aromatic rings. The molecule has 1 aromatic carbocycles. The van der Waals surface area contributed by atoms with Gasteiger partial charge in [0.2, 0.25) is 0 Å². The fourth-order valence-corrected chi connectivity index (χ4v) is 3.27. The first-order chi connectivity index (χ1) is 11.8. The van der Waals surface area contributed by atoms with Crippen LogP contribution < -0.4 is 4.90 Å². The molecule has 1 fully saturated rings. The van der Waals surface area contributed by atoms with Gasteiger partial charge in [-0.05, 0) is 37.7 Å². The number of benzene rings is 1. The van der Waals surface area contributed by atoms with Gasteiger partial charge in [0, 0.05) is 23.5 Å². The molecule has 0 spiro atoms. The Kier molecular flexibility index (Phi) is 5.63. The van der Waals surface area contributed by atoms with E-state index >= 15 is 0 Å². The number of nitrogens with zero attached hydrogens (tertiary/aromatic N) is 1. The fourth-order valence-electron chi connectivity index (χ4n) is 3.27. The second-order valence-corrected chi connectivity index (χ2v) is 6.46. The normalized spacial score (nSPS) is 18.0. The Bertz CT molecular complexity index is 641. The number of aliphatic hydroxyl groups is 1. The highest BCUT2D eigenvalue weighted by molar-refractivity contribution is 5.43. The van der Waals surface area contributed by atoms with Crippen molar-refractivity contribution in [2.24, 2.45) is 0 Å². The lowest BCUT2D eigenvalue weighted by molar-refractivity contribution is -0.891. The number of pyridine rings is 1. The molecule has 1 aliphatic heterocycles. The van der Waals surface area contributed by atoms with E-state index in [1.807, 2.05) is 42.5 Å². The van der Waals surface area contributed by atoms with Crippen molar-refractivity contribution in [3.05, 3.63) is 66.0 Å². The van der Waals surface area contributed by atoms with Crippen LogP contribution in [0.1, 0.15) is 36.8 Å². The Morgan fingerprint density at radius 1 is 0.958 bits per heavy atom. The highest BCUT2D eigenvalue weighted by atomic mass is 16.3. The molecule has 0 unspecified atom stereocenters. The SMILES string of the molecule is O[C@](C#CC[NH+]1CCCCCC1)(c1ccccc1)c1cccnc1. The van der Waals surface area contributed by atoms with E-state index in [-0.39, 0.29) is 0 Å². The maximum Gasteiger partial charge on any atom is 0.178 e. The molecular weight excluding hydrogens is 296 g/mol. The van der Waals surface area contributed by atoms with E-state index in [1.165, 1.54) is 43.7 Å². The summed E-state index contributed by atoms with van der Waals surface area (Å²) in [6.45, 7) is 3.16. The zero-order valence-electron chi connectivity index (χ0n) is 14.0. The van der Waals surface area contributed by atoms with Crippen LogP contribution in [-0.4, -0.2) is 29.7 Å². The quantitative estimate of drug-likeness (QED) is 0.846. The Morgan fingerprint density at radius 3 is 2.33 bits per heavy atom. The van der Waals surface area contributed by atoms with Crippen LogP contribution in [0.4, 0.5) is 0 Å². The molecule has 124 valence electrons. The minimum Gasteiger partial charge on any atom is -0.369 e. The number of hydrogen-bond acceptors (Lipinski definition) is 2. The lowest BCUT2D eigenvalue weighted by Crippen LogP contribution is -3.11. The van der Waals surface area contributed by atoms with E-state index in [0.29, 0.717) is 0 Å². The Balaban J connectivity index is 1.85. The average molecular weight is 321 g/mol. The van der Waals surface area contributed by atoms with Gasteiger partial charge in [-0.1, -0.05) is 42.3 Å². The highest BCUT2D eigenvalue weighted by Crippen LogP contribution is 2.28. The maximum absolute atomic E-state index is 11.3. The van der Waals surface area contributed by atoms with Crippen molar-refractivity contribution in [1.82, 2.24) is 4.98 Å². The number of likely N-dealkylation sites (tertiary alicyclic amines) is 1. The van der Waals surface area contributed by atoms with Gasteiger partial charge in [0.1, 0.15) is 6.54 Å². The van der Waals surface area contributed by atoms with E-state index in [4.69, 9.17) is 0 Å². The molecule has 1 aliphatic rings. The minimum absolute atomic E-state index is 0.717. The van der Waals surface area contributed by atoms with Gasteiger partial charge in [0.15, 0.2) is 5.60 Å². The summed E-state index contributed by atoms with van der Waals surface area (Å²) < 4.78 is 0. The second kappa shape index (κ2) is 8.10. The van der Waals surface area contributed by atoms with Crippen molar-refractivity contribution in [3.63, 3.8) is 0 Å². The van der Waals surface area contributed by atoms with Crippen LogP contribution in [0.5, 0.6) is 0 Å². The predicted molar refractivity (Wildman–Crippen MR) is 95.5 cm³/mol. The summed E-state index contributed by atoms with van der Waals surface area (Å²) in [7, 11) is 0.